The highest BCUT2D eigenvalue weighted by atomic mass is 35.5. The summed E-state index contributed by atoms with van der Waals surface area (Å²) in [6.45, 7) is 1.61. The molecule has 100 valence electrons. The summed E-state index contributed by atoms with van der Waals surface area (Å²) in [6, 6.07) is 1.68. The molecule has 0 atom stereocenters. The van der Waals surface area contributed by atoms with Gasteiger partial charge < -0.3 is 9.32 Å². The van der Waals surface area contributed by atoms with Gasteiger partial charge in [-0.05, 0) is 12.8 Å². The number of rotatable bonds is 2. The number of oxazole rings is 1. The molecule has 0 saturated carbocycles. The number of nitrogens with zero attached hydrogens (tertiary/aromatic N) is 3. The molecule has 1 fully saturated rings. The zero-order valence-corrected chi connectivity index (χ0v) is 10.9. The quantitative estimate of drug-likeness (QED) is 0.849. The second-order valence-corrected chi connectivity index (χ2v) is 4.93. The standard InChI is InChI=1S/C12H13ClN4O2/c13-9-7-10(16-12(18)15-9)17-4-1-8(2-5-17)11-14-3-6-19-11/h3,6-8H,1-2,4-5H2,(H,15,16,18). The fourth-order valence-corrected chi connectivity index (χ4v) is 2.55. The van der Waals surface area contributed by atoms with Crippen molar-refractivity contribution in [3.63, 3.8) is 0 Å². The average molecular weight is 281 g/mol. The Bertz CT molecular complexity index is 602. The van der Waals surface area contributed by atoms with E-state index in [9.17, 15) is 4.79 Å². The summed E-state index contributed by atoms with van der Waals surface area (Å²) < 4.78 is 5.33. The Balaban J connectivity index is 1.71. The first-order valence-electron chi connectivity index (χ1n) is 6.13. The molecule has 1 aliphatic rings. The molecule has 0 radical (unpaired) electrons. The van der Waals surface area contributed by atoms with Gasteiger partial charge in [0.15, 0.2) is 5.89 Å². The van der Waals surface area contributed by atoms with Gasteiger partial charge in [-0.1, -0.05) is 11.6 Å². The highest BCUT2D eigenvalue weighted by molar-refractivity contribution is 6.29. The van der Waals surface area contributed by atoms with E-state index in [1.54, 1.807) is 18.5 Å². The minimum absolute atomic E-state index is 0.310. The minimum atomic E-state index is -0.419. The highest BCUT2D eigenvalue weighted by Crippen LogP contribution is 2.28. The van der Waals surface area contributed by atoms with E-state index >= 15 is 0 Å². The summed E-state index contributed by atoms with van der Waals surface area (Å²) in [6.07, 6.45) is 5.11. The summed E-state index contributed by atoms with van der Waals surface area (Å²) in [4.78, 5) is 23.9. The van der Waals surface area contributed by atoms with Crippen molar-refractivity contribution in [2.75, 3.05) is 18.0 Å². The van der Waals surface area contributed by atoms with Crippen LogP contribution in [0, 0.1) is 0 Å². The Morgan fingerprint density at radius 3 is 2.84 bits per heavy atom. The molecule has 7 heteroatoms. The number of piperidine rings is 1. The van der Waals surface area contributed by atoms with Crippen molar-refractivity contribution < 1.29 is 4.42 Å². The number of aromatic amines is 1. The zero-order valence-electron chi connectivity index (χ0n) is 10.2. The van der Waals surface area contributed by atoms with Crippen LogP contribution in [-0.2, 0) is 0 Å². The fourth-order valence-electron chi connectivity index (χ4n) is 2.37. The number of H-pyrrole nitrogens is 1. The lowest BCUT2D eigenvalue weighted by atomic mass is 9.97. The van der Waals surface area contributed by atoms with Crippen LogP contribution >= 0.6 is 11.6 Å². The summed E-state index contributed by atoms with van der Waals surface area (Å²) >= 11 is 5.83. The van der Waals surface area contributed by atoms with Crippen LogP contribution in [0.5, 0.6) is 0 Å². The van der Waals surface area contributed by atoms with Gasteiger partial charge >= 0.3 is 5.69 Å². The van der Waals surface area contributed by atoms with E-state index in [-0.39, 0.29) is 0 Å². The first-order valence-corrected chi connectivity index (χ1v) is 6.51. The van der Waals surface area contributed by atoms with Crippen LogP contribution in [0.25, 0.3) is 0 Å². The number of halogens is 1. The summed E-state index contributed by atoms with van der Waals surface area (Å²) in [7, 11) is 0. The maximum Gasteiger partial charge on any atom is 0.348 e. The summed E-state index contributed by atoms with van der Waals surface area (Å²) in [5.74, 6) is 1.75. The number of aromatic nitrogens is 3. The second kappa shape index (κ2) is 5.05. The number of hydrogen-bond donors (Lipinski definition) is 1. The average Bonchev–Trinajstić information content (AvgIpc) is 2.91. The number of nitrogens with one attached hydrogen (secondary N) is 1. The lowest BCUT2D eigenvalue weighted by Gasteiger charge is -2.31. The maximum atomic E-state index is 11.3. The first-order chi connectivity index (χ1) is 9.22. The van der Waals surface area contributed by atoms with Crippen LogP contribution in [0.15, 0.2) is 27.7 Å². The molecular weight excluding hydrogens is 268 g/mol. The lowest BCUT2D eigenvalue weighted by Crippen LogP contribution is -2.34. The SMILES string of the molecule is O=c1nc(N2CCC(c3ncco3)CC2)cc(Cl)[nH]1. The molecule has 1 N–H and O–H groups in total. The van der Waals surface area contributed by atoms with Gasteiger partial charge in [0.2, 0.25) is 0 Å². The van der Waals surface area contributed by atoms with Crippen LogP contribution in [0.2, 0.25) is 5.15 Å². The van der Waals surface area contributed by atoms with Gasteiger partial charge in [0.25, 0.3) is 0 Å². The van der Waals surface area contributed by atoms with Crippen LogP contribution in [0.3, 0.4) is 0 Å². The predicted molar refractivity (Wildman–Crippen MR) is 70.6 cm³/mol. The molecule has 2 aromatic heterocycles. The van der Waals surface area contributed by atoms with Gasteiger partial charge in [-0.25, -0.2) is 9.78 Å². The molecular formula is C12H13ClN4O2. The number of anilines is 1. The Morgan fingerprint density at radius 1 is 1.42 bits per heavy atom. The normalized spacial score (nSPS) is 16.8. The topological polar surface area (TPSA) is 75.0 Å². The molecule has 6 nitrogen and oxygen atoms in total. The van der Waals surface area contributed by atoms with Gasteiger partial charge in [-0.3, -0.25) is 4.98 Å². The van der Waals surface area contributed by atoms with E-state index in [4.69, 9.17) is 16.0 Å². The van der Waals surface area contributed by atoms with E-state index in [0.717, 1.165) is 31.8 Å². The predicted octanol–water partition coefficient (Wildman–Crippen LogP) is 1.80. The third-order valence-corrected chi connectivity index (χ3v) is 3.52. The largest absolute Gasteiger partial charge is 0.449 e. The molecule has 2 aromatic rings. The van der Waals surface area contributed by atoms with E-state index < -0.39 is 5.69 Å². The summed E-state index contributed by atoms with van der Waals surface area (Å²) in [5, 5.41) is 0.310. The fraction of sp³-hybridized carbons (Fsp3) is 0.417. The minimum Gasteiger partial charge on any atom is -0.449 e. The van der Waals surface area contributed by atoms with E-state index in [1.807, 2.05) is 0 Å². The molecule has 0 aliphatic carbocycles. The zero-order chi connectivity index (χ0) is 13.2. The van der Waals surface area contributed by atoms with Crippen LogP contribution in [0.1, 0.15) is 24.7 Å². The maximum absolute atomic E-state index is 11.3. The van der Waals surface area contributed by atoms with Gasteiger partial charge in [-0.2, -0.15) is 4.98 Å². The number of hydrogen-bond acceptors (Lipinski definition) is 5. The molecule has 0 unspecified atom stereocenters. The molecule has 0 amide bonds. The monoisotopic (exact) mass is 280 g/mol. The van der Waals surface area contributed by atoms with Crippen molar-refractivity contribution in [2.24, 2.45) is 0 Å². The van der Waals surface area contributed by atoms with Crippen LogP contribution in [0.4, 0.5) is 5.82 Å². The molecule has 0 bridgehead atoms. The van der Waals surface area contributed by atoms with Gasteiger partial charge in [0.1, 0.15) is 17.2 Å². The van der Waals surface area contributed by atoms with Crippen molar-refractivity contribution in [3.8, 4) is 0 Å². The first kappa shape index (κ1) is 12.2. The second-order valence-electron chi connectivity index (χ2n) is 4.52. The van der Waals surface area contributed by atoms with Gasteiger partial charge in [0.05, 0.1) is 6.20 Å². The molecule has 3 rings (SSSR count). The van der Waals surface area contributed by atoms with Crippen molar-refractivity contribution >= 4 is 17.4 Å². The Labute approximate surface area is 114 Å². The van der Waals surface area contributed by atoms with Crippen molar-refractivity contribution in [2.45, 2.75) is 18.8 Å². The Morgan fingerprint density at radius 2 is 2.21 bits per heavy atom. The highest BCUT2D eigenvalue weighted by Gasteiger charge is 2.24. The van der Waals surface area contributed by atoms with E-state index in [0.29, 0.717) is 16.9 Å². The van der Waals surface area contributed by atoms with Gasteiger partial charge in [-0.15, -0.1) is 0 Å². The van der Waals surface area contributed by atoms with E-state index in [2.05, 4.69) is 19.9 Å². The van der Waals surface area contributed by atoms with Crippen LogP contribution in [-0.4, -0.2) is 28.0 Å². The van der Waals surface area contributed by atoms with Crippen molar-refractivity contribution in [1.29, 1.82) is 0 Å². The third kappa shape index (κ3) is 2.63. The van der Waals surface area contributed by atoms with E-state index in [1.165, 1.54) is 0 Å². The van der Waals surface area contributed by atoms with Crippen LogP contribution < -0.4 is 10.6 Å². The molecule has 1 saturated heterocycles. The molecule has 1 aliphatic heterocycles. The Kier molecular flexibility index (Phi) is 3.25. The molecule has 0 spiro atoms. The third-order valence-electron chi connectivity index (χ3n) is 3.32. The smallest absolute Gasteiger partial charge is 0.348 e. The van der Waals surface area contributed by atoms with Crippen molar-refractivity contribution in [1.82, 2.24) is 15.0 Å². The lowest BCUT2D eigenvalue weighted by molar-refractivity contribution is 0.392. The van der Waals surface area contributed by atoms with Crippen molar-refractivity contribution in [3.05, 3.63) is 40.1 Å². The molecule has 19 heavy (non-hydrogen) atoms. The summed E-state index contributed by atoms with van der Waals surface area (Å²) in [5.41, 5.74) is -0.419. The van der Waals surface area contributed by atoms with Gasteiger partial charge in [0, 0.05) is 25.1 Å². The Hall–Kier alpha value is -1.82. The molecule has 0 aromatic carbocycles. The molecule has 3 heterocycles.